The van der Waals surface area contributed by atoms with Gasteiger partial charge in [0, 0.05) is 16.6 Å². The lowest BCUT2D eigenvalue weighted by molar-refractivity contribution is 0.00578. The van der Waals surface area contributed by atoms with Crippen molar-refractivity contribution in [1.82, 2.24) is 0 Å². The van der Waals surface area contributed by atoms with Gasteiger partial charge in [-0.15, -0.1) is 0 Å². The van der Waals surface area contributed by atoms with E-state index in [1.54, 1.807) is 0 Å². The first-order valence-corrected chi connectivity index (χ1v) is 8.42. The Morgan fingerprint density at radius 1 is 1.05 bits per heavy atom. The van der Waals surface area contributed by atoms with Crippen molar-refractivity contribution in [2.45, 2.75) is 63.6 Å². The number of rotatable bonds is 1. The Morgan fingerprint density at radius 2 is 1.65 bits per heavy atom. The third-order valence-electron chi connectivity index (χ3n) is 5.49. The van der Waals surface area contributed by atoms with Crippen LogP contribution in [0, 0.1) is 0 Å². The summed E-state index contributed by atoms with van der Waals surface area (Å²) in [6.07, 6.45) is 7.35. The zero-order valence-corrected chi connectivity index (χ0v) is 13.4. The summed E-state index contributed by atoms with van der Waals surface area (Å²) in [5.41, 5.74) is 2.53. The van der Waals surface area contributed by atoms with Crippen LogP contribution in [0.3, 0.4) is 0 Å². The highest BCUT2D eigenvalue weighted by Crippen LogP contribution is 2.47. The first-order valence-electron chi connectivity index (χ1n) is 7.54. The van der Waals surface area contributed by atoms with E-state index >= 15 is 0 Å². The fourth-order valence-corrected chi connectivity index (χ4v) is 4.69. The van der Waals surface area contributed by atoms with E-state index in [0.29, 0.717) is 11.8 Å². The van der Waals surface area contributed by atoms with Gasteiger partial charge in [-0.05, 0) is 57.0 Å². The highest BCUT2D eigenvalue weighted by molar-refractivity contribution is 7.21. The third-order valence-corrected chi connectivity index (χ3v) is 6.53. The molecule has 106 valence electrons. The molecular weight excluding hydrogens is 267 g/mol. The van der Waals surface area contributed by atoms with Crippen molar-refractivity contribution in [1.29, 1.82) is 0 Å². The van der Waals surface area contributed by atoms with Crippen LogP contribution in [0.4, 0.5) is 0 Å². The third kappa shape index (κ3) is 1.65. The van der Waals surface area contributed by atoms with E-state index in [2.05, 4.69) is 45.2 Å². The fourth-order valence-electron chi connectivity index (χ4n) is 3.53. The van der Waals surface area contributed by atoms with Crippen LogP contribution in [0.25, 0.3) is 0 Å². The summed E-state index contributed by atoms with van der Waals surface area (Å²) in [5.74, 6) is 1.21. The van der Waals surface area contributed by atoms with E-state index in [9.17, 15) is 0 Å². The molecule has 0 radical (unpaired) electrons. The van der Waals surface area contributed by atoms with Crippen LogP contribution in [0.1, 0.15) is 63.5 Å². The summed E-state index contributed by atoms with van der Waals surface area (Å²) in [6.45, 7) is 8.50. The molecule has 2 unspecified atom stereocenters. The molecule has 1 saturated heterocycles. The van der Waals surface area contributed by atoms with Crippen molar-refractivity contribution in [3.05, 3.63) is 28.7 Å². The summed E-state index contributed by atoms with van der Waals surface area (Å²) >= 11 is 1.82. The van der Waals surface area contributed by atoms with E-state index < -0.39 is 0 Å². The van der Waals surface area contributed by atoms with Crippen LogP contribution in [-0.4, -0.2) is 18.3 Å². The normalized spacial score (nSPS) is 32.7. The molecule has 2 bridgehead atoms. The molecule has 4 aliphatic rings. The predicted octanol–water partition coefficient (Wildman–Crippen LogP) is 3.58. The quantitative estimate of drug-likeness (QED) is 0.581. The molecule has 0 spiro atoms. The number of fused-ring (bicyclic) bond motifs is 1. The molecule has 2 atom stereocenters. The Bertz CT molecular complexity index is 571. The summed E-state index contributed by atoms with van der Waals surface area (Å²) < 4.78 is 13.8. The molecule has 0 N–H and O–H groups in total. The Kier molecular flexibility index (Phi) is 2.62. The second-order valence-corrected chi connectivity index (χ2v) is 8.14. The first kappa shape index (κ1) is 13.1. The molecular formula is C16H21BO2S. The maximum absolute atomic E-state index is 6.25. The standard InChI is InChI=1S/C16H21BO2S/c1-15(2)16(3,4)19-17(18-15)14-13-11-7-5-10(6-8-11)12(13)9-20-14/h5,7,9-11H,6,8H2,1-4H3. The minimum Gasteiger partial charge on any atom is -0.399 e. The number of thiophene rings is 1. The van der Waals surface area contributed by atoms with Crippen molar-refractivity contribution < 1.29 is 9.31 Å². The van der Waals surface area contributed by atoms with Crippen LogP contribution in [0.5, 0.6) is 0 Å². The minimum absolute atomic E-state index is 0.193. The molecule has 1 aliphatic heterocycles. The smallest absolute Gasteiger partial charge is 0.399 e. The van der Waals surface area contributed by atoms with E-state index in [1.165, 1.54) is 28.7 Å². The Labute approximate surface area is 125 Å². The van der Waals surface area contributed by atoms with Crippen molar-refractivity contribution in [3.63, 3.8) is 0 Å². The van der Waals surface area contributed by atoms with Crippen molar-refractivity contribution >= 4 is 23.2 Å². The van der Waals surface area contributed by atoms with Crippen LogP contribution in [0.15, 0.2) is 17.5 Å². The second-order valence-electron chi connectivity index (χ2n) is 7.23. The summed E-state index contributed by atoms with van der Waals surface area (Å²) in [5, 5.41) is 2.33. The van der Waals surface area contributed by atoms with Gasteiger partial charge in [-0.2, -0.15) is 11.3 Å². The van der Waals surface area contributed by atoms with Crippen molar-refractivity contribution in [2.75, 3.05) is 0 Å². The summed E-state index contributed by atoms with van der Waals surface area (Å²) in [4.78, 5) is 0. The first-order chi connectivity index (χ1) is 9.39. The van der Waals surface area contributed by atoms with Gasteiger partial charge >= 0.3 is 7.12 Å². The van der Waals surface area contributed by atoms with Gasteiger partial charge < -0.3 is 9.31 Å². The molecule has 1 fully saturated rings. The van der Waals surface area contributed by atoms with Crippen LogP contribution < -0.4 is 4.78 Å². The van der Waals surface area contributed by atoms with Gasteiger partial charge in [-0.3, -0.25) is 0 Å². The van der Waals surface area contributed by atoms with Gasteiger partial charge in [0.25, 0.3) is 0 Å². The van der Waals surface area contributed by atoms with E-state index in [1.807, 2.05) is 11.3 Å². The molecule has 1 aromatic heterocycles. The van der Waals surface area contributed by atoms with E-state index in [4.69, 9.17) is 9.31 Å². The van der Waals surface area contributed by atoms with Gasteiger partial charge in [-0.1, -0.05) is 12.2 Å². The molecule has 3 aliphatic carbocycles. The second kappa shape index (κ2) is 3.99. The number of hydrogen-bond donors (Lipinski definition) is 0. The lowest BCUT2D eigenvalue weighted by Gasteiger charge is -2.32. The number of hydrogen-bond acceptors (Lipinski definition) is 3. The topological polar surface area (TPSA) is 18.5 Å². The van der Waals surface area contributed by atoms with Crippen molar-refractivity contribution in [3.8, 4) is 0 Å². The minimum atomic E-state index is -0.252. The monoisotopic (exact) mass is 288 g/mol. The average molecular weight is 288 g/mol. The molecule has 2 heterocycles. The maximum atomic E-state index is 6.25. The zero-order chi connectivity index (χ0) is 14.1. The summed E-state index contributed by atoms with van der Waals surface area (Å²) in [7, 11) is -0.193. The Balaban J connectivity index is 1.73. The molecule has 0 saturated carbocycles. The predicted molar refractivity (Wildman–Crippen MR) is 83.9 cm³/mol. The Morgan fingerprint density at radius 3 is 2.25 bits per heavy atom. The highest BCUT2D eigenvalue weighted by Gasteiger charge is 2.53. The molecule has 0 aromatic carbocycles. The Hall–Kier alpha value is -0.575. The fraction of sp³-hybridized carbons (Fsp3) is 0.625. The lowest BCUT2D eigenvalue weighted by Crippen LogP contribution is -2.41. The van der Waals surface area contributed by atoms with Crippen molar-refractivity contribution in [2.24, 2.45) is 0 Å². The molecule has 20 heavy (non-hydrogen) atoms. The van der Waals surface area contributed by atoms with E-state index in [-0.39, 0.29) is 18.3 Å². The molecule has 0 amide bonds. The maximum Gasteiger partial charge on any atom is 0.505 e. The van der Waals surface area contributed by atoms with Gasteiger partial charge in [0.15, 0.2) is 0 Å². The summed E-state index contributed by atoms with van der Waals surface area (Å²) in [6, 6.07) is 0. The number of allylic oxidation sites excluding steroid dienone is 2. The molecule has 4 heteroatoms. The van der Waals surface area contributed by atoms with E-state index in [0.717, 1.165) is 0 Å². The van der Waals surface area contributed by atoms with Gasteiger partial charge in [0.05, 0.1) is 11.2 Å². The molecule has 2 nitrogen and oxygen atoms in total. The molecule has 5 rings (SSSR count). The van der Waals surface area contributed by atoms with Crippen LogP contribution in [-0.2, 0) is 9.31 Å². The van der Waals surface area contributed by atoms with Gasteiger partial charge in [0.2, 0.25) is 0 Å². The van der Waals surface area contributed by atoms with Crippen LogP contribution >= 0.6 is 11.3 Å². The van der Waals surface area contributed by atoms with Gasteiger partial charge in [0.1, 0.15) is 0 Å². The highest BCUT2D eigenvalue weighted by atomic mass is 32.1. The van der Waals surface area contributed by atoms with Crippen LogP contribution in [0.2, 0.25) is 0 Å². The SMILES string of the molecule is CC1(C)OB(c2scc3c2C2C=CC3CC2)OC1(C)C. The lowest BCUT2D eigenvalue weighted by atomic mass is 9.68. The largest absolute Gasteiger partial charge is 0.505 e. The molecule has 1 aromatic rings. The van der Waals surface area contributed by atoms with Gasteiger partial charge in [-0.25, -0.2) is 0 Å². The average Bonchev–Trinajstić information content (AvgIpc) is 2.92. The zero-order valence-electron chi connectivity index (χ0n) is 12.6.